The highest BCUT2D eigenvalue weighted by Crippen LogP contribution is 2.47. The summed E-state index contributed by atoms with van der Waals surface area (Å²) in [6.45, 7) is 3.58. The second-order valence-corrected chi connectivity index (χ2v) is 5.72. The molecule has 0 spiro atoms. The van der Waals surface area contributed by atoms with Gasteiger partial charge in [-0.2, -0.15) is 0 Å². The Bertz CT molecular complexity index is 697. The maximum atomic E-state index is 12.9. The molecule has 0 saturated carbocycles. The number of aliphatic hydroxyl groups is 1. The molecule has 3 rings (SSSR count). The van der Waals surface area contributed by atoms with Crippen LogP contribution in [0.15, 0.2) is 66.2 Å². The Morgan fingerprint density at radius 3 is 2.05 bits per heavy atom. The first-order chi connectivity index (χ1) is 10.0. The Morgan fingerprint density at radius 1 is 0.952 bits per heavy atom. The Kier molecular flexibility index (Phi) is 3.26. The highest BCUT2D eigenvalue weighted by Gasteiger charge is 2.48. The standard InChI is InChI=1S/C19H18O2/c1-13-16(14-9-5-3-6-10-14)18(20)17(19(13,2)21)15-11-7-4-8-12-15/h3-12,17,21H,1-2H3/t17-,19-/m1/s1. The maximum Gasteiger partial charge on any atom is 0.174 e. The maximum absolute atomic E-state index is 12.9. The predicted octanol–water partition coefficient (Wildman–Crippen LogP) is 3.58. The lowest BCUT2D eigenvalue weighted by Crippen LogP contribution is -2.32. The molecule has 21 heavy (non-hydrogen) atoms. The SMILES string of the molecule is CC1=C(c2ccccc2)C(=O)[C@@H](c2ccccc2)[C@]1(C)O. The van der Waals surface area contributed by atoms with Gasteiger partial charge in [0.25, 0.3) is 0 Å². The molecular weight excluding hydrogens is 260 g/mol. The fraction of sp³-hybridized carbons (Fsp3) is 0.211. The fourth-order valence-corrected chi connectivity index (χ4v) is 3.14. The normalized spacial score (nSPS) is 25.5. The third kappa shape index (κ3) is 2.12. The van der Waals surface area contributed by atoms with E-state index in [1.807, 2.05) is 67.6 Å². The van der Waals surface area contributed by atoms with Crippen LogP contribution in [-0.4, -0.2) is 16.5 Å². The molecule has 2 aromatic carbocycles. The summed E-state index contributed by atoms with van der Waals surface area (Å²) in [5.41, 5.74) is 1.97. The largest absolute Gasteiger partial charge is 0.385 e. The Labute approximate surface area is 124 Å². The molecule has 2 atom stereocenters. The molecular formula is C19H18O2. The van der Waals surface area contributed by atoms with Gasteiger partial charge in [-0.15, -0.1) is 0 Å². The molecule has 106 valence electrons. The van der Waals surface area contributed by atoms with E-state index in [0.717, 1.165) is 16.7 Å². The average Bonchev–Trinajstić information content (AvgIpc) is 2.67. The molecule has 2 aromatic rings. The van der Waals surface area contributed by atoms with E-state index < -0.39 is 11.5 Å². The van der Waals surface area contributed by atoms with Gasteiger partial charge in [-0.1, -0.05) is 60.7 Å². The first-order valence-electron chi connectivity index (χ1n) is 7.12. The van der Waals surface area contributed by atoms with Gasteiger partial charge in [0, 0.05) is 5.57 Å². The van der Waals surface area contributed by atoms with E-state index in [9.17, 15) is 9.90 Å². The minimum Gasteiger partial charge on any atom is -0.385 e. The summed E-state index contributed by atoms with van der Waals surface area (Å²) in [7, 11) is 0. The van der Waals surface area contributed by atoms with E-state index in [4.69, 9.17) is 0 Å². The van der Waals surface area contributed by atoms with E-state index >= 15 is 0 Å². The van der Waals surface area contributed by atoms with E-state index in [1.54, 1.807) is 6.92 Å². The van der Waals surface area contributed by atoms with Crippen LogP contribution in [0.3, 0.4) is 0 Å². The van der Waals surface area contributed by atoms with E-state index in [1.165, 1.54) is 0 Å². The van der Waals surface area contributed by atoms with Gasteiger partial charge in [0.1, 0.15) is 0 Å². The van der Waals surface area contributed by atoms with Crippen molar-refractivity contribution >= 4 is 11.4 Å². The lowest BCUT2D eigenvalue weighted by atomic mass is 9.82. The molecule has 2 nitrogen and oxygen atoms in total. The molecule has 0 saturated heterocycles. The minimum atomic E-state index is -1.15. The zero-order valence-electron chi connectivity index (χ0n) is 12.2. The predicted molar refractivity (Wildman–Crippen MR) is 83.8 cm³/mol. The summed E-state index contributed by atoms with van der Waals surface area (Å²) in [5, 5.41) is 10.9. The van der Waals surface area contributed by atoms with Gasteiger partial charge >= 0.3 is 0 Å². The molecule has 2 heteroatoms. The highest BCUT2D eigenvalue weighted by atomic mass is 16.3. The van der Waals surface area contributed by atoms with Crippen molar-refractivity contribution in [3.63, 3.8) is 0 Å². The molecule has 0 amide bonds. The van der Waals surface area contributed by atoms with Gasteiger partial charge < -0.3 is 5.11 Å². The third-order valence-corrected chi connectivity index (χ3v) is 4.40. The van der Waals surface area contributed by atoms with E-state index in [-0.39, 0.29) is 5.78 Å². The summed E-state index contributed by atoms with van der Waals surface area (Å²) in [6.07, 6.45) is 0. The van der Waals surface area contributed by atoms with Crippen molar-refractivity contribution in [2.45, 2.75) is 25.4 Å². The summed E-state index contributed by atoms with van der Waals surface area (Å²) in [4.78, 5) is 12.9. The number of ketones is 1. The number of carbonyl (C=O) groups is 1. The number of hydrogen-bond donors (Lipinski definition) is 1. The van der Waals surface area contributed by atoms with Crippen molar-refractivity contribution in [1.82, 2.24) is 0 Å². The van der Waals surface area contributed by atoms with Crippen LogP contribution in [0.4, 0.5) is 0 Å². The Morgan fingerprint density at radius 2 is 1.48 bits per heavy atom. The van der Waals surface area contributed by atoms with Crippen molar-refractivity contribution in [2.75, 3.05) is 0 Å². The van der Waals surface area contributed by atoms with Crippen LogP contribution in [-0.2, 0) is 4.79 Å². The van der Waals surface area contributed by atoms with Crippen LogP contribution in [0.2, 0.25) is 0 Å². The average molecular weight is 278 g/mol. The molecule has 0 fully saturated rings. The molecule has 1 aliphatic rings. The van der Waals surface area contributed by atoms with Crippen LogP contribution >= 0.6 is 0 Å². The molecule has 0 unspecified atom stereocenters. The van der Waals surface area contributed by atoms with Crippen molar-refractivity contribution < 1.29 is 9.90 Å². The molecule has 0 bridgehead atoms. The lowest BCUT2D eigenvalue weighted by Gasteiger charge is -2.26. The fourth-order valence-electron chi connectivity index (χ4n) is 3.14. The quantitative estimate of drug-likeness (QED) is 0.911. The van der Waals surface area contributed by atoms with Crippen molar-refractivity contribution in [3.05, 3.63) is 77.4 Å². The van der Waals surface area contributed by atoms with Crippen LogP contribution in [0.5, 0.6) is 0 Å². The zero-order valence-corrected chi connectivity index (χ0v) is 12.2. The van der Waals surface area contributed by atoms with E-state index in [0.29, 0.717) is 5.57 Å². The molecule has 1 N–H and O–H groups in total. The zero-order chi connectivity index (χ0) is 15.0. The lowest BCUT2D eigenvalue weighted by molar-refractivity contribution is -0.117. The van der Waals surface area contributed by atoms with Gasteiger partial charge in [-0.3, -0.25) is 4.79 Å². The van der Waals surface area contributed by atoms with Crippen molar-refractivity contribution in [3.8, 4) is 0 Å². The van der Waals surface area contributed by atoms with Gasteiger partial charge in [0.15, 0.2) is 5.78 Å². The smallest absolute Gasteiger partial charge is 0.174 e. The number of allylic oxidation sites excluding steroid dienone is 1. The summed E-state index contributed by atoms with van der Waals surface area (Å²) >= 11 is 0. The monoisotopic (exact) mass is 278 g/mol. The number of hydrogen-bond acceptors (Lipinski definition) is 2. The number of rotatable bonds is 2. The van der Waals surface area contributed by atoms with Crippen molar-refractivity contribution in [2.24, 2.45) is 0 Å². The van der Waals surface area contributed by atoms with Gasteiger partial charge in [0.2, 0.25) is 0 Å². The molecule has 0 aromatic heterocycles. The van der Waals surface area contributed by atoms with Crippen molar-refractivity contribution in [1.29, 1.82) is 0 Å². The topological polar surface area (TPSA) is 37.3 Å². The molecule has 0 radical (unpaired) electrons. The highest BCUT2D eigenvalue weighted by molar-refractivity contribution is 6.27. The van der Waals surface area contributed by atoms with Crippen LogP contribution in [0, 0.1) is 0 Å². The first kappa shape index (κ1) is 13.8. The number of Topliss-reactive ketones (excluding diaryl/α,β-unsaturated/α-hetero) is 1. The van der Waals surface area contributed by atoms with Crippen LogP contribution in [0.1, 0.15) is 30.9 Å². The summed E-state index contributed by atoms with van der Waals surface area (Å²) in [5.74, 6) is -0.538. The van der Waals surface area contributed by atoms with E-state index in [2.05, 4.69) is 0 Å². The first-order valence-corrected chi connectivity index (χ1v) is 7.12. The van der Waals surface area contributed by atoms with Gasteiger partial charge in [-0.25, -0.2) is 0 Å². The summed E-state index contributed by atoms with van der Waals surface area (Å²) in [6, 6.07) is 19.1. The van der Waals surface area contributed by atoms with Gasteiger partial charge in [-0.05, 0) is 30.5 Å². The third-order valence-electron chi connectivity index (χ3n) is 4.40. The second kappa shape index (κ2) is 4.97. The molecule has 0 heterocycles. The summed E-state index contributed by atoms with van der Waals surface area (Å²) < 4.78 is 0. The number of carbonyl (C=O) groups excluding carboxylic acids is 1. The van der Waals surface area contributed by atoms with Crippen LogP contribution in [0.25, 0.3) is 5.57 Å². The number of benzene rings is 2. The Balaban J connectivity index is 2.13. The minimum absolute atomic E-state index is 0.00472. The van der Waals surface area contributed by atoms with Crippen LogP contribution < -0.4 is 0 Å². The second-order valence-electron chi connectivity index (χ2n) is 5.72. The van der Waals surface area contributed by atoms with Gasteiger partial charge in [0.05, 0.1) is 11.5 Å². The molecule has 0 aliphatic heterocycles. The molecule has 1 aliphatic carbocycles. The Hall–Kier alpha value is -2.19.